The number of amides is 2. The van der Waals surface area contributed by atoms with Crippen LogP contribution in [0.4, 0.5) is 4.79 Å². The van der Waals surface area contributed by atoms with Crippen LogP contribution in [0.15, 0.2) is 11.6 Å². The molecule has 3 rings (SSSR count). The van der Waals surface area contributed by atoms with Crippen molar-refractivity contribution in [2.75, 3.05) is 24.6 Å². The van der Waals surface area contributed by atoms with Crippen molar-refractivity contribution in [2.24, 2.45) is 5.41 Å². The van der Waals surface area contributed by atoms with Gasteiger partial charge in [-0.1, -0.05) is 13.3 Å². The van der Waals surface area contributed by atoms with Crippen molar-refractivity contribution in [1.82, 2.24) is 15.2 Å². The summed E-state index contributed by atoms with van der Waals surface area (Å²) in [5.41, 5.74) is 0.330. The highest BCUT2D eigenvalue weighted by atomic mass is 32.2. The molecule has 2 aliphatic rings. The van der Waals surface area contributed by atoms with Gasteiger partial charge in [0, 0.05) is 36.2 Å². The minimum absolute atomic E-state index is 0.0821. The van der Waals surface area contributed by atoms with Crippen LogP contribution in [0.5, 0.6) is 0 Å². The Kier molecular flexibility index (Phi) is 4.21. The van der Waals surface area contributed by atoms with E-state index in [-0.39, 0.29) is 12.1 Å². The second-order valence-corrected chi connectivity index (χ2v) is 8.05. The molecule has 0 radical (unpaired) electrons. The van der Waals surface area contributed by atoms with E-state index in [0.717, 1.165) is 29.6 Å². The highest BCUT2D eigenvalue weighted by molar-refractivity contribution is 7.99. The van der Waals surface area contributed by atoms with E-state index in [1.165, 1.54) is 19.3 Å². The molecule has 4 nitrogen and oxygen atoms in total. The summed E-state index contributed by atoms with van der Waals surface area (Å²) < 4.78 is 0. The summed E-state index contributed by atoms with van der Waals surface area (Å²) in [5.74, 6) is 1.98. The molecule has 110 valence electrons. The largest absolute Gasteiger partial charge is 0.337 e. The van der Waals surface area contributed by atoms with Crippen LogP contribution in [0.25, 0.3) is 0 Å². The van der Waals surface area contributed by atoms with Crippen molar-refractivity contribution in [3.63, 3.8) is 0 Å². The summed E-state index contributed by atoms with van der Waals surface area (Å²) in [6, 6.07) is 0.224. The van der Waals surface area contributed by atoms with E-state index in [1.807, 2.05) is 28.2 Å². The number of carbonyl (C=O) groups excluding carboxylic acids is 1. The molecular weight excluding hydrogens is 290 g/mol. The Bertz CT molecular complexity index is 459. The van der Waals surface area contributed by atoms with E-state index in [9.17, 15) is 4.79 Å². The van der Waals surface area contributed by atoms with Crippen molar-refractivity contribution >= 4 is 29.1 Å². The van der Waals surface area contributed by atoms with Gasteiger partial charge in [0.1, 0.15) is 5.01 Å². The summed E-state index contributed by atoms with van der Waals surface area (Å²) >= 11 is 3.55. The van der Waals surface area contributed by atoms with Crippen LogP contribution in [0.3, 0.4) is 0 Å². The third-order valence-corrected chi connectivity index (χ3v) is 6.25. The smallest absolute Gasteiger partial charge is 0.318 e. The zero-order chi connectivity index (χ0) is 14.0. The molecule has 0 unspecified atom stereocenters. The normalized spacial score (nSPS) is 25.1. The number of nitrogens with zero attached hydrogens (tertiary/aromatic N) is 2. The summed E-state index contributed by atoms with van der Waals surface area (Å²) in [6.07, 6.45) is 5.59. The number of rotatable bonds is 3. The maximum atomic E-state index is 12.5. The Morgan fingerprint density at radius 3 is 3.10 bits per heavy atom. The van der Waals surface area contributed by atoms with E-state index >= 15 is 0 Å². The Morgan fingerprint density at radius 2 is 2.45 bits per heavy atom. The molecule has 2 heterocycles. The average molecular weight is 311 g/mol. The van der Waals surface area contributed by atoms with Crippen LogP contribution in [0.2, 0.25) is 0 Å². The molecule has 2 fully saturated rings. The fraction of sp³-hybridized carbons (Fsp3) is 0.714. The van der Waals surface area contributed by atoms with Crippen molar-refractivity contribution in [3.05, 3.63) is 16.6 Å². The molecule has 1 aliphatic carbocycles. The first-order valence-corrected chi connectivity index (χ1v) is 9.23. The fourth-order valence-electron chi connectivity index (χ4n) is 2.80. The van der Waals surface area contributed by atoms with Gasteiger partial charge in [-0.25, -0.2) is 9.78 Å². The standard InChI is InChI=1S/C14H21N3OS2/c1-14(3-2-4-14)10-16-13(18)17-6-8-19-9-11(17)12-15-5-7-20-12/h5,7,11H,2-4,6,8-10H2,1H3,(H,16,18)/t11-/m0/s1. The van der Waals surface area contributed by atoms with Crippen LogP contribution in [0.1, 0.15) is 37.2 Å². The van der Waals surface area contributed by atoms with Gasteiger partial charge in [0.05, 0.1) is 6.04 Å². The van der Waals surface area contributed by atoms with Crippen LogP contribution in [-0.2, 0) is 0 Å². The second-order valence-electron chi connectivity index (χ2n) is 5.98. The number of thioether (sulfide) groups is 1. The van der Waals surface area contributed by atoms with Gasteiger partial charge < -0.3 is 10.2 Å². The van der Waals surface area contributed by atoms with E-state index in [1.54, 1.807) is 11.3 Å². The predicted molar refractivity (Wildman–Crippen MR) is 84.2 cm³/mol. The van der Waals surface area contributed by atoms with Gasteiger partial charge in [0.25, 0.3) is 0 Å². The summed E-state index contributed by atoms with van der Waals surface area (Å²) in [6.45, 7) is 3.89. The van der Waals surface area contributed by atoms with Gasteiger partial charge in [-0.3, -0.25) is 0 Å². The molecule has 20 heavy (non-hydrogen) atoms. The van der Waals surface area contributed by atoms with E-state index in [4.69, 9.17) is 0 Å². The number of hydrogen-bond donors (Lipinski definition) is 1. The van der Waals surface area contributed by atoms with Crippen molar-refractivity contribution in [2.45, 2.75) is 32.2 Å². The minimum Gasteiger partial charge on any atom is -0.337 e. The van der Waals surface area contributed by atoms with E-state index < -0.39 is 0 Å². The Labute approximate surface area is 128 Å². The molecule has 1 saturated carbocycles. The topological polar surface area (TPSA) is 45.2 Å². The van der Waals surface area contributed by atoms with E-state index in [2.05, 4.69) is 17.2 Å². The van der Waals surface area contributed by atoms with Crippen molar-refractivity contribution in [1.29, 1.82) is 0 Å². The zero-order valence-electron chi connectivity index (χ0n) is 11.8. The molecule has 0 spiro atoms. The van der Waals surface area contributed by atoms with E-state index in [0.29, 0.717) is 5.41 Å². The number of urea groups is 1. The minimum atomic E-state index is 0.0821. The fourth-order valence-corrected chi connectivity index (χ4v) is 4.71. The molecule has 1 aromatic heterocycles. The highest BCUT2D eigenvalue weighted by Gasteiger charge is 2.34. The number of carbonyl (C=O) groups is 1. The van der Waals surface area contributed by atoms with Crippen LogP contribution in [-0.4, -0.2) is 40.5 Å². The first kappa shape index (κ1) is 14.2. The first-order chi connectivity index (χ1) is 9.68. The Balaban J connectivity index is 1.62. The molecule has 1 atom stereocenters. The molecule has 2 amide bonds. The molecule has 1 saturated heterocycles. The third kappa shape index (κ3) is 2.96. The SMILES string of the molecule is CC1(CNC(=O)N2CCSC[C@H]2c2nccs2)CCC1. The van der Waals surface area contributed by atoms with Crippen molar-refractivity contribution < 1.29 is 4.79 Å². The predicted octanol–water partition coefficient (Wildman–Crippen LogP) is 3.13. The monoisotopic (exact) mass is 311 g/mol. The maximum absolute atomic E-state index is 12.5. The second kappa shape index (κ2) is 5.93. The lowest BCUT2D eigenvalue weighted by molar-refractivity contribution is 0.142. The van der Waals surface area contributed by atoms with Gasteiger partial charge in [-0.05, 0) is 18.3 Å². The van der Waals surface area contributed by atoms with Gasteiger partial charge in [0.15, 0.2) is 0 Å². The molecule has 0 bridgehead atoms. The van der Waals surface area contributed by atoms with Crippen LogP contribution >= 0.6 is 23.1 Å². The van der Waals surface area contributed by atoms with Gasteiger partial charge >= 0.3 is 6.03 Å². The lowest BCUT2D eigenvalue weighted by atomic mass is 9.70. The Morgan fingerprint density at radius 1 is 1.60 bits per heavy atom. The van der Waals surface area contributed by atoms with Crippen LogP contribution < -0.4 is 5.32 Å². The molecule has 1 aromatic rings. The van der Waals surface area contributed by atoms with Gasteiger partial charge in [-0.15, -0.1) is 11.3 Å². The molecule has 0 aromatic carbocycles. The summed E-state index contributed by atoms with van der Waals surface area (Å²) in [7, 11) is 0. The molecule has 6 heteroatoms. The third-order valence-electron chi connectivity index (χ3n) is 4.35. The zero-order valence-corrected chi connectivity index (χ0v) is 13.4. The highest BCUT2D eigenvalue weighted by Crippen LogP contribution is 2.39. The first-order valence-electron chi connectivity index (χ1n) is 7.20. The number of thiazole rings is 1. The molecular formula is C14H21N3OS2. The number of aromatic nitrogens is 1. The Hall–Kier alpha value is -0.750. The van der Waals surface area contributed by atoms with Crippen molar-refractivity contribution in [3.8, 4) is 0 Å². The number of hydrogen-bond acceptors (Lipinski definition) is 4. The molecule has 1 aliphatic heterocycles. The molecule has 1 N–H and O–H groups in total. The van der Waals surface area contributed by atoms with Gasteiger partial charge in [0.2, 0.25) is 0 Å². The maximum Gasteiger partial charge on any atom is 0.318 e. The summed E-state index contributed by atoms with van der Waals surface area (Å²) in [5, 5.41) is 6.19. The van der Waals surface area contributed by atoms with Gasteiger partial charge in [-0.2, -0.15) is 11.8 Å². The quantitative estimate of drug-likeness (QED) is 0.933. The average Bonchev–Trinajstić information content (AvgIpc) is 2.96. The number of nitrogens with one attached hydrogen (secondary N) is 1. The lowest BCUT2D eigenvalue weighted by Crippen LogP contribution is -2.49. The van der Waals surface area contributed by atoms with Crippen LogP contribution in [0, 0.1) is 5.41 Å². The lowest BCUT2D eigenvalue weighted by Gasteiger charge is -2.40. The summed E-state index contributed by atoms with van der Waals surface area (Å²) in [4.78, 5) is 18.8.